The number of rotatable bonds is 10. The van der Waals surface area contributed by atoms with Gasteiger partial charge in [-0.1, -0.05) is 42.9 Å². The summed E-state index contributed by atoms with van der Waals surface area (Å²) in [5.74, 6) is -0.406. The number of allylic oxidation sites excluding steroid dienone is 9. The van der Waals surface area contributed by atoms with Crippen LogP contribution in [-0.2, 0) is 11.3 Å². The second kappa shape index (κ2) is 14.1. The van der Waals surface area contributed by atoms with E-state index in [0.29, 0.717) is 22.5 Å². The highest BCUT2D eigenvalue weighted by atomic mass is 16.2. The second-order valence-electron chi connectivity index (χ2n) is 10.3. The quantitative estimate of drug-likeness (QED) is 0.379. The molecule has 0 amide bonds. The van der Waals surface area contributed by atoms with Gasteiger partial charge < -0.3 is 10.6 Å². The van der Waals surface area contributed by atoms with Gasteiger partial charge in [0, 0.05) is 17.8 Å². The molecule has 9 heteroatoms. The molecule has 218 valence electrons. The fourth-order valence-corrected chi connectivity index (χ4v) is 4.41. The summed E-state index contributed by atoms with van der Waals surface area (Å²) in [6, 6.07) is 9.06. The van der Waals surface area contributed by atoms with Crippen LogP contribution in [0.25, 0.3) is 5.70 Å². The monoisotopic (exact) mass is 566 g/mol. The first-order valence-electron chi connectivity index (χ1n) is 13.9. The third-order valence-corrected chi connectivity index (χ3v) is 6.58. The zero-order chi connectivity index (χ0) is 31.0. The largest absolute Gasteiger partial charge is 0.382 e. The second-order valence-corrected chi connectivity index (χ2v) is 10.3. The van der Waals surface area contributed by atoms with Gasteiger partial charge in [0.15, 0.2) is 0 Å². The van der Waals surface area contributed by atoms with Crippen LogP contribution in [-0.4, -0.2) is 25.9 Å². The molecule has 1 aromatic heterocycles. The molecule has 0 saturated heterocycles. The molecule has 42 heavy (non-hydrogen) atoms. The van der Waals surface area contributed by atoms with Crippen LogP contribution in [0.3, 0.4) is 0 Å². The fourth-order valence-electron chi connectivity index (χ4n) is 4.41. The molecule has 3 rings (SSSR count). The Bertz CT molecular complexity index is 1720. The predicted octanol–water partition coefficient (Wildman–Crippen LogP) is 5.20. The fraction of sp³-hybridized carbons (Fsp3) is 0.303. The number of benzene rings is 1. The van der Waals surface area contributed by atoms with E-state index in [1.807, 2.05) is 46.8 Å². The van der Waals surface area contributed by atoms with Crippen molar-refractivity contribution < 1.29 is 4.79 Å². The minimum absolute atomic E-state index is 0.00639. The number of nitrogens with one attached hydrogen (secondary N) is 2. The van der Waals surface area contributed by atoms with Crippen LogP contribution in [0.15, 0.2) is 98.4 Å². The van der Waals surface area contributed by atoms with Crippen LogP contribution >= 0.6 is 0 Å². The number of hydrogen-bond donors (Lipinski definition) is 2. The van der Waals surface area contributed by atoms with Crippen molar-refractivity contribution in [3.8, 4) is 6.07 Å². The lowest BCUT2D eigenvalue weighted by Gasteiger charge is -2.21. The van der Waals surface area contributed by atoms with Crippen LogP contribution in [0.1, 0.15) is 66.0 Å². The lowest BCUT2D eigenvalue weighted by Crippen LogP contribution is -2.42. The molecule has 2 aromatic rings. The van der Waals surface area contributed by atoms with Crippen molar-refractivity contribution in [1.29, 1.82) is 5.26 Å². The number of anilines is 1. The molecule has 9 nitrogen and oxygen atoms in total. The number of nitriles is 1. The van der Waals surface area contributed by atoms with Gasteiger partial charge in [-0.15, -0.1) is 0 Å². The minimum atomic E-state index is -0.786. The van der Waals surface area contributed by atoms with Crippen molar-refractivity contribution >= 4 is 17.4 Å². The van der Waals surface area contributed by atoms with Gasteiger partial charge in [0.05, 0.1) is 29.6 Å². The number of ketones is 1. The zero-order valence-electron chi connectivity index (χ0n) is 25.3. The van der Waals surface area contributed by atoms with Crippen molar-refractivity contribution in [1.82, 2.24) is 19.4 Å². The first kappa shape index (κ1) is 31.6. The smallest absolute Gasteiger partial charge is 0.359 e. The van der Waals surface area contributed by atoms with Gasteiger partial charge >= 0.3 is 11.4 Å². The maximum Gasteiger partial charge on any atom is 0.359 e. The summed E-state index contributed by atoms with van der Waals surface area (Å²) in [5.41, 5.74) is 3.70. The molecule has 1 aliphatic rings. The van der Waals surface area contributed by atoms with Crippen LogP contribution in [0.2, 0.25) is 0 Å². The maximum absolute atomic E-state index is 14.0. The lowest BCUT2D eigenvalue weighted by atomic mass is 10.0. The van der Waals surface area contributed by atoms with Gasteiger partial charge in [-0.2, -0.15) is 10.2 Å². The van der Waals surface area contributed by atoms with Crippen molar-refractivity contribution in [2.75, 3.05) is 5.32 Å². The summed E-state index contributed by atoms with van der Waals surface area (Å²) >= 11 is 0. The summed E-state index contributed by atoms with van der Waals surface area (Å²) in [7, 11) is 0. The normalized spacial score (nSPS) is 15.5. The van der Waals surface area contributed by atoms with E-state index < -0.39 is 11.4 Å². The summed E-state index contributed by atoms with van der Waals surface area (Å²) in [6.45, 7) is 13.5. The first-order chi connectivity index (χ1) is 20.0. The van der Waals surface area contributed by atoms with Gasteiger partial charge in [0.25, 0.3) is 0 Å². The van der Waals surface area contributed by atoms with E-state index in [2.05, 4.69) is 28.6 Å². The van der Waals surface area contributed by atoms with Gasteiger partial charge in [0.1, 0.15) is 0 Å². The van der Waals surface area contributed by atoms with Gasteiger partial charge in [-0.25, -0.2) is 14.2 Å². The molecule has 1 aromatic carbocycles. The lowest BCUT2D eigenvalue weighted by molar-refractivity contribution is -0.111. The van der Waals surface area contributed by atoms with E-state index in [9.17, 15) is 19.6 Å². The van der Waals surface area contributed by atoms with E-state index in [4.69, 9.17) is 0 Å². The minimum Gasteiger partial charge on any atom is -0.382 e. The first-order valence-corrected chi connectivity index (χ1v) is 13.9. The Hall–Kier alpha value is -4.97. The average Bonchev–Trinajstić information content (AvgIpc) is 2.95. The average molecular weight is 567 g/mol. The van der Waals surface area contributed by atoms with Crippen molar-refractivity contribution in [3.05, 3.63) is 121 Å². The molecule has 1 aliphatic carbocycles. The van der Waals surface area contributed by atoms with E-state index in [0.717, 1.165) is 27.7 Å². The Morgan fingerprint density at radius 1 is 1.10 bits per heavy atom. The third-order valence-electron chi connectivity index (χ3n) is 6.58. The van der Waals surface area contributed by atoms with Crippen molar-refractivity contribution in [3.63, 3.8) is 0 Å². The third kappa shape index (κ3) is 7.61. The van der Waals surface area contributed by atoms with E-state index in [1.54, 1.807) is 49.4 Å². The molecule has 0 fully saturated rings. The molecule has 0 unspecified atom stereocenters. The van der Waals surface area contributed by atoms with Crippen LogP contribution in [0.4, 0.5) is 5.95 Å². The topological polar surface area (TPSA) is 122 Å². The Morgan fingerprint density at radius 2 is 1.83 bits per heavy atom. The zero-order valence-corrected chi connectivity index (χ0v) is 25.3. The van der Waals surface area contributed by atoms with E-state index in [-0.39, 0.29) is 30.0 Å². The number of aromatic nitrogens is 3. The van der Waals surface area contributed by atoms with Crippen molar-refractivity contribution in [2.24, 2.45) is 0 Å². The maximum atomic E-state index is 14.0. The highest BCUT2D eigenvalue weighted by Gasteiger charge is 2.22. The molecule has 0 aliphatic heterocycles. The van der Waals surface area contributed by atoms with Crippen LogP contribution in [0, 0.1) is 11.3 Å². The highest BCUT2D eigenvalue weighted by Crippen LogP contribution is 2.21. The highest BCUT2D eigenvalue weighted by molar-refractivity contribution is 6.08. The van der Waals surface area contributed by atoms with Crippen LogP contribution < -0.4 is 22.0 Å². The van der Waals surface area contributed by atoms with E-state index in [1.165, 1.54) is 10.6 Å². The summed E-state index contributed by atoms with van der Waals surface area (Å²) in [5, 5.41) is 15.6. The van der Waals surface area contributed by atoms with Gasteiger partial charge in [-0.3, -0.25) is 9.36 Å². The molecular formula is C33H38N6O3. The molecule has 0 spiro atoms. The Kier molecular flexibility index (Phi) is 10.6. The van der Waals surface area contributed by atoms with E-state index >= 15 is 0 Å². The van der Waals surface area contributed by atoms with Crippen LogP contribution in [0.5, 0.6) is 0 Å². The molecule has 0 atom stereocenters. The molecule has 0 radical (unpaired) electrons. The standard InChI is InChI=1S/C33H38N6O3/c1-8-22(6)14-23(7)15-27(10-3)39-32(41)37-31(38(33(39)42)20-25-13-11-12-24(16-25)19-34)36-29-17-26(9-2)28(18-30(29)40)35-21(4)5/h9-18,21,35H,8,20H2,1-7H3,(H,36,37,41)/b22-14+,23-15-,26-9-,27-10+. The number of carbonyl (C=O) groups excluding carboxylic acids is 1. The summed E-state index contributed by atoms with van der Waals surface area (Å²) in [6.07, 6.45) is 11.3. The Labute approximate surface area is 246 Å². The molecule has 0 bridgehead atoms. The summed E-state index contributed by atoms with van der Waals surface area (Å²) in [4.78, 5) is 44.7. The van der Waals surface area contributed by atoms with Gasteiger partial charge in [-0.05, 0) is 89.0 Å². The molecule has 0 saturated carbocycles. The van der Waals surface area contributed by atoms with Crippen molar-refractivity contribution in [2.45, 2.75) is 67.5 Å². The van der Waals surface area contributed by atoms with Gasteiger partial charge in [0.2, 0.25) is 11.7 Å². The summed E-state index contributed by atoms with van der Waals surface area (Å²) < 4.78 is 2.31. The number of hydrogen-bond acceptors (Lipinski definition) is 7. The Morgan fingerprint density at radius 3 is 2.45 bits per heavy atom. The Balaban J connectivity index is 2.19. The molecule has 2 N–H and O–H groups in total. The predicted molar refractivity (Wildman–Crippen MR) is 168 cm³/mol. The SMILES string of the molecule is C/C=C1/C=C(Nc2nc(=O)n(C(/C=C(C)\C=C(/C)CC)=C/C)c(=O)n2Cc2cccc(C#N)c2)C(=O)C=C1NC(C)C. The molecule has 1 heterocycles. The number of nitrogens with zero attached hydrogens (tertiary/aromatic N) is 4. The molecular weight excluding hydrogens is 528 g/mol. The number of carbonyl (C=O) groups is 1.